The summed E-state index contributed by atoms with van der Waals surface area (Å²) in [5.41, 5.74) is 0.800. The second-order valence-corrected chi connectivity index (χ2v) is 5.45. The zero-order valence-corrected chi connectivity index (χ0v) is 12.3. The van der Waals surface area contributed by atoms with Crippen LogP contribution in [0.4, 0.5) is 0 Å². The number of carbonyl (C=O) groups excluding carboxylic acids is 1. The zero-order chi connectivity index (χ0) is 14.0. The van der Waals surface area contributed by atoms with Crippen LogP contribution in [0.1, 0.15) is 38.4 Å². The van der Waals surface area contributed by atoms with Crippen molar-refractivity contribution < 1.29 is 9.53 Å². The Hall–Kier alpha value is -1.07. The van der Waals surface area contributed by atoms with E-state index < -0.39 is 0 Å². The van der Waals surface area contributed by atoms with Gasteiger partial charge in [0, 0.05) is 6.61 Å². The lowest BCUT2D eigenvalue weighted by Crippen LogP contribution is -2.43. The molecule has 6 heteroatoms. The number of nitrogens with one attached hydrogen (secondary N) is 1. The maximum atomic E-state index is 12.2. The summed E-state index contributed by atoms with van der Waals surface area (Å²) in [4.78, 5) is 12.2. The molecule has 1 saturated heterocycles. The van der Waals surface area contributed by atoms with Gasteiger partial charge in [0.2, 0.25) is 5.91 Å². The number of ether oxygens (including phenoxy) is 1. The van der Waals surface area contributed by atoms with Crippen molar-refractivity contribution in [2.45, 2.75) is 51.8 Å². The monoisotopic (exact) mass is 285 g/mol. The highest BCUT2D eigenvalue weighted by Gasteiger charge is 2.26. The molecule has 0 saturated carbocycles. The number of nitrogens with zero attached hydrogens (tertiary/aromatic N) is 2. The van der Waals surface area contributed by atoms with Gasteiger partial charge in [-0.15, -0.1) is 0 Å². The number of carbonyl (C=O) groups is 1. The minimum Gasteiger partial charge on any atom is -0.376 e. The normalized spacial score (nSPS) is 22.2. The summed E-state index contributed by atoms with van der Waals surface area (Å²) in [5, 5.41) is 7.70. The molecule has 3 atom stereocenters. The molecular formula is C13H20ClN3O2. The van der Waals surface area contributed by atoms with Gasteiger partial charge in [0.25, 0.3) is 0 Å². The van der Waals surface area contributed by atoms with Gasteiger partial charge in [-0.2, -0.15) is 5.10 Å². The highest BCUT2D eigenvalue weighted by Crippen LogP contribution is 2.19. The Morgan fingerprint density at radius 3 is 2.89 bits per heavy atom. The van der Waals surface area contributed by atoms with Gasteiger partial charge in [-0.25, -0.2) is 0 Å². The summed E-state index contributed by atoms with van der Waals surface area (Å²) >= 11 is 5.95. The summed E-state index contributed by atoms with van der Waals surface area (Å²) in [5.74, 6) is -0.0640. The first kappa shape index (κ1) is 14.3. The molecule has 2 heterocycles. The van der Waals surface area contributed by atoms with Crippen LogP contribution < -0.4 is 5.32 Å². The molecule has 2 rings (SSSR count). The number of halogens is 1. The molecule has 0 unspecified atom stereocenters. The topological polar surface area (TPSA) is 56.2 Å². The Bertz CT molecular complexity index is 455. The van der Waals surface area contributed by atoms with Crippen molar-refractivity contribution in [2.24, 2.45) is 0 Å². The molecule has 0 radical (unpaired) electrons. The van der Waals surface area contributed by atoms with Gasteiger partial charge >= 0.3 is 0 Å². The van der Waals surface area contributed by atoms with Crippen LogP contribution in [0.15, 0.2) is 6.20 Å². The molecule has 1 aromatic heterocycles. The van der Waals surface area contributed by atoms with Crippen LogP contribution in [0.3, 0.4) is 0 Å². The van der Waals surface area contributed by atoms with E-state index in [2.05, 4.69) is 10.4 Å². The van der Waals surface area contributed by atoms with E-state index in [1.54, 1.807) is 10.9 Å². The Morgan fingerprint density at radius 1 is 1.63 bits per heavy atom. The van der Waals surface area contributed by atoms with Crippen LogP contribution in [0.5, 0.6) is 0 Å². The van der Waals surface area contributed by atoms with Gasteiger partial charge in [-0.05, 0) is 33.6 Å². The van der Waals surface area contributed by atoms with Gasteiger partial charge in [-0.3, -0.25) is 9.48 Å². The first-order chi connectivity index (χ1) is 9.00. The van der Waals surface area contributed by atoms with Gasteiger partial charge < -0.3 is 10.1 Å². The smallest absolute Gasteiger partial charge is 0.244 e. The van der Waals surface area contributed by atoms with Crippen molar-refractivity contribution in [3.8, 4) is 0 Å². The summed E-state index contributed by atoms with van der Waals surface area (Å²) < 4.78 is 7.21. The summed E-state index contributed by atoms with van der Waals surface area (Å²) in [6, 6.07) is -0.361. The highest BCUT2D eigenvalue weighted by atomic mass is 35.5. The Labute approximate surface area is 118 Å². The molecule has 19 heavy (non-hydrogen) atoms. The maximum absolute atomic E-state index is 12.2. The van der Waals surface area contributed by atoms with Crippen molar-refractivity contribution in [2.75, 3.05) is 6.61 Å². The summed E-state index contributed by atoms with van der Waals surface area (Å²) in [7, 11) is 0. The molecular weight excluding hydrogens is 266 g/mol. The predicted octanol–water partition coefficient (Wildman–Crippen LogP) is 2.09. The molecule has 1 N–H and O–H groups in total. The van der Waals surface area contributed by atoms with Crippen molar-refractivity contribution in [3.05, 3.63) is 16.9 Å². The predicted molar refractivity (Wildman–Crippen MR) is 73.3 cm³/mol. The highest BCUT2D eigenvalue weighted by molar-refractivity contribution is 6.31. The summed E-state index contributed by atoms with van der Waals surface area (Å²) in [6.07, 6.45) is 3.75. The maximum Gasteiger partial charge on any atom is 0.244 e. The molecule has 0 bridgehead atoms. The van der Waals surface area contributed by atoms with Gasteiger partial charge in [0.05, 0.1) is 29.1 Å². The Morgan fingerprint density at radius 2 is 2.37 bits per heavy atom. The molecule has 1 aliphatic rings. The van der Waals surface area contributed by atoms with Crippen molar-refractivity contribution >= 4 is 17.5 Å². The molecule has 1 aliphatic heterocycles. The van der Waals surface area contributed by atoms with Crippen LogP contribution >= 0.6 is 11.6 Å². The van der Waals surface area contributed by atoms with E-state index in [1.165, 1.54) is 0 Å². The van der Waals surface area contributed by atoms with Crippen LogP contribution in [-0.2, 0) is 9.53 Å². The Kier molecular flexibility index (Phi) is 4.47. The number of hydrogen-bond donors (Lipinski definition) is 1. The third-order valence-electron chi connectivity index (χ3n) is 3.62. The Balaban J connectivity index is 1.97. The van der Waals surface area contributed by atoms with Crippen LogP contribution in [0.25, 0.3) is 0 Å². The van der Waals surface area contributed by atoms with Crippen molar-refractivity contribution in [1.29, 1.82) is 0 Å². The molecule has 5 nitrogen and oxygen atoms in total. The van der Waals surface area contributed by atoms with Gasteiger partial charge in [0.15, 0.2) is 0 Å². The SMILES string of the molecule is Cc1c(Cl)cnn1[C@H](C)C(=O)N[C@H](C)[C@@H]1CCCO1. The number of aromatic nitrogens is 2. The van der Waals surface area contributed by atoms with Crippen molar-refractivity contribution in [3.63, 3.8) is 0 Å². The minimum atomic E-state index is -0.378. The second kappa shape index (κ2) is 5.92. The third-order valence-corrected chi connectivity index (χ3v) is 3.99. The van der Waals surface area contributed by atoms with Crippen LogP contribution in [0, 0.1) is 6.92 Å². The molecule has 1 aromatic rings. The fraction of sp³-hybridized carbons (Fsp3) is 0.692. The fourth-order valence-electron chi connectivity index (χ4n) is 2.34. The van der Waals surface area contributed by atoms with E-state index in [0.717, 1.165) is 25.1 Å². The van der Waals surface area contributed by atoms with E-state index in [-0.39, 0.29) is 24.1 Å². The summed E-state index contributed by atoms with van der Waals surface area (Å²) in [6.45, 7) is 6.42. The van der Waals surface area contributed by atoms with Crippen LogP contribution in [0.2, 0.25) is 5.02 Å². The van der Waals surface area contributed by atoms with E-state index >= 15 is 0 Å². The fourth-order valence-corrected chi connectivity index (χ4v) is 2.47. The van der Waals surface area contributed by atoms with Gasteiger partial charge in [0.1, 0.15) is 6.04 Å². The first-order valence-corrected chi connectivity index (χ1v) is 7.00. The number of amides is 1. The zero-order valence-electron chi connectivity index (χ0n) is 11.5. The molecule has 0 spiro atoms. The minimum absolute atomic E-state index is 0.0174. The average molecular weight is 286 g/mol. The quantitative estimate of drug-likeness (QED) is 0.922. The standard InChI is InChI=1S/C13H20ClN3O2/c1-8(12-5-4-6-19-12)16-13(18)10(3)17-9(2)11(14)7-15-17/h7-8,10,12H,4-6H2,1-3H3,(H,16,18)/t8-,10-,12+/m1/s1. The molecule has 106 valence electrons. The molecule has 0 aromatic carbocycles. The van der Waals surface area contributed by atoms with E-state index in [1.807, 2.05) is 20.8 Å². The van der Waals surface area contributed by atoms with Crippen LogP contribution in [-0.4, -0.2) is 34.4 Å². The molecule has 0 aliphatic carbocycles. The lowest BCUT2D eigenvalue weighted by Gasteiger charge is -2.22. The second-order valence-electron chi connectivity index (χ2n) is 5.05. The largest absolute Gasteiger partial charge is 0.376 e. The van der Waals surface area contributed by atoms with E-state index in [0.29, 0.717) is 5.02 Å². The lowest BCUT2D eigenvalue weighted by atomic mass is 10.1. The third kappa shape index (κ3) is 3.09. The molecule has 1 fully saturated rings. The molecule has 1 amide bonds. The van der Waals surface area contributed by atoms with Gasteiger partial charge in [-0.1, -0.05) is 11.6 Å². The number of rotatable bonds is 4. The van der Waals surface area contributed by atoms with E-state index in [4.69, 9.17) is 16.3 Å². The average Bonchev–Trinajstić information content (AvgIpc) is 3.00. The van der Waals surface area contributed by atoms with E-state index in [9.17, 15) is 4.79 Å². The lowest BCUT2D eigenvalue weighted by molar-refractivity contribution is -0.125. The first-order valence-electron chi connectivity index (χ1n) is 6.62. The number of hydrogen-bond acceptors (Lipinski definition) is 3. The van der Waals surface area contributed by atoms with Crippen molar-refractivity contribution in [1.82, 2.24) is 15.1 Å².